The Kier molecular flexibility index (Phi) is 16.5. The van der Waals surface area contributed by atoms with Gasteiger partial charge in [0.25, 0.3) is 0 Å². The molecule has 4 aliphatic rings. The van der Waals surface area contributed by atoms with Crippen LogP contribution in [0.15, 0.2) is 437 Å². The number of hydrogen-bond acceptors (Lipinski definition) is 2. The molecule has 118 heavy (non-hydrogen) atoms. The molecule has 0 spiro atoms. The Hall–Kier alpha value is -14.4. The molecular formula is C116H84N2. The SMILES string of the molecule is CC1(C)c2ccccc2-c2ccc(N(c3ccc(-c4ccc(-c5ccc(-c6ccc7c(c6)C(c6ccccc6)(c6ccccc6)c6cc(N(c8ccc9c(c8)C(C)(C)c8ccccc8-9)c8ccccc8-c8ccccc8)ccc6-7)cc5)cc4)cc3)c3ccc4c(c3)C(c3ccccc3)(c3ccccc3)c3cc(-c5ccccc5)ccc3-4)cc21. The van der Waals surface area contributed by atoms with E-state index in [-0.39, 0.29) is 10.8 Å². The summed E-state index contributed by atoms with van der Waals surface area (Å²) >= 11 is 0. The maximum Gasteiger partial charge on any atom is 0.0714 e. The second-order valence-electron chi connectivity index (χ2n) is 33.4. The molecule has 0 aliphatic heterocycles. The summed E-state index contributed by atoms with van der Waals surface area (Å²) in [5.74, 6) is 0. The van der Waals surface area contributed by atoms with Crippen LogP contribution in [0.1, 0.15) is 94.5 Å². The van der Waals surface area contributed by atoms with E-state index in [2.05, 4.69) is 474 Å². The van der Waals surface area contributed by atoms with Gasteiger partial charge < -0.3 is 9.80 Å². The summed E-state index contributed by atoms with van der Waals surface area (Å²) in [6, 6.07) is 164. The monoisotopic (exact) mass is 1500 g/mol. The standard InChI is InChI=1S/C116H84N2/c1-113(2)104-44-26-23-42-96(104)98-67-61-91(73-106(98)113)117(92-62-69-102-100-65-57-84(77-29-11-5-12-30-77)71-108(100)115(110(102)75-92,86-33-15-7-16-34-86)87-35-17-8-18-36-87)90-59-55-81(56-60-90)80-49-47-78(48-50-80)79-51-53-82(54-52-79)85-58-66-101-103-70-64-94(76-111(103)116(109(101)72-85,88-37-19-9-20-38-88)89-39-21-10-22-40-89)118(112-46-28-25-41-95(112)83-31-13-6-14-32-83)93-63-68-99-97-43-24-27-45-105(97)114(3,4)107(99)74-93/h5-76H,1-4H3. The number of rotatable bonds is 15. The molecule has 22 rings (SSSR count). The first-order valence-electron chi connectivity index (χ1n) is 41.4. The first-order valence-corrected chi connectivity index (χ1v) is 41.4. The van der Waals surface area contributed by atoms with Crippen molar-refractivity contribution in [2.24, 2.45) is 0 Å². The van der Waals surface area contributed by atoms with Gasteiger partial charge in [-0.25, -0.2) is 0 Å². The number of fused-ring (bicyclic) bond motifs is 12. The van der Waals surface area contributed by atoms with Gasteiger partial charge in [0.2, 0.25) is 0 Å². The van der Waals surface area contributed by atoms with Gasteiger partial charge in [-0.15, -0.1) is 0 Å². The van der Waals surface area contributed by atoms with Crippen LogP contribution in [0.2, 0.25) is 0 Å². The van der Waals surface area contributed by atoms with Crippen LogP contribution in [0.25, 0.3) is 100 Å². The lowest BCUT2D eigenvalue weighted by Gasteiger charge is -2.35. The fourth-order valence-corrected chi connectivity index (χ4v) is 20.8. The minimum Gasteiger partial charge on any atom is -0.310 e. The lowest BCUT2D eigenvalue weighted by molar-refractivity contribution is 0.660. The maximum absolute atomic E-state index is 2.52. The van der Waals surface area contributed by atoms with Crippen molar-refractivity contribution >= 4 is 34.1 Å². The van der Waals surface area contributed by atoms with Gasteiger partial charge >= 0.3 is 0 Å². The van der Waals surface area contributed by atoms with Gasteiger partial charge in [0.05, 0.1) is 16.5 Å². The van der Waals surface area contributed by atoms with E-state index in [0.29, 0.717) is 0 Å². The maximum atomic E-state index is 2.52. The highest BCUT2D eigenvalue weighted by Crippen LogP contribution is 2.62. The number of nitrogens with zero attached hydrogens (tertiary/aromatic N) is 2. The van der Waals surface area contributed by atoms with E-state index in [4.69, 9.17) is 0 Å². The van der Waals surface area contributed by atoms with E-state index < -0.39 is 10.8 Å². The normalized spacial score (nSPS) is 14.0. The molecule has 0 N–H and O–H groups in total. The molecule has 0 bridgehead atoms. The predicted molar refractivity (Wildman–Crippen MR) is 493 cm³/mol. The van der Waals surface area contributed by atoms with Crippen molar-refractivity contribution in [3.8, 4) is 100 Å². The van der Waals surface area contributed by atoms with Crippen LogP contribution in [-0.4, -0.2) is 0 Å². The van der Waals surface area contributed by atoms with Gasteiger partial charge in [-0.3, -0.25) is 0 Å². The lowest BCUT2D eigenvalue weighted by Crippen LogP contribution is -2.29. The van der Waals surface area contributed by atoms with Crippen LogP contribution < -0.4 is 9.80 Å². The average Bonchev–Trinajstić information content (AvgIpc) is 1.53. The van der Waals surface area contributed by atoms with Crippen LogP contribution in [0.5, 0.6) is 0 Å². The predicted octanol–water partition coefficient (Wildman–Crippen LogP) is 30.3. The third-order valence-corrected chi connectivity index (χ3v) is 26.5. The second-order valence-corrected chi connectivity index (χ2v) is 33.4. The zero-order chi connectivity index (χ0) is 78.9. The van der Waals surface area contributed by atoms with Gasteiger partial charge in [-0.2, -0.15) is 0 Å². The summed E-state index contributed by atoms with van der Waals surface area (Å²) in [5.41, 5.74) is 42.2. The molecule has 0 unspecified atom stereocenters. The second kappa shape index (κ2) is 27.7. The molecule has 4 aliphatic carbocycles. The van der Waals surface area contributed by atoms with Crippen LogP contribution in [0, 0.1) is 0 Å². The van der Waals surface area contributed by atoms with Crippen molar-refractivity contribution in [2.45, 2.75) is 49.4 Å². The average molecular weight is 1510 g/mol. The number of benzene rings is 18. The molecule has 0 amide bonds. The Labute approximate surface area is 692 Å². The Morgan fingerprint density at radius 2 is 0.390 bits per heavy atom. The Morgan fingerprint density at radius 3 is 0.771 bits per heavy atom. The molecule has 0 saturated carbocycles. The van der Waals surface area contributed by atoms with Crippen LogP contribution in [0.3, 0.4) is 0 Å². The van der Waals surface area contributed by atoms with Gasteiger partial charge in [-0.1, -0.05) is 386 Å². The van der Waals surface area contributed by atoms with Crippen molar-refractivity contribution in [1.82, 2.24) is 0 Å². The van der Waals surface area contributed by atoms with E-state index in [1.807, 2.05) is 0 Å². The summed E-state index contributed by atoms with van der Waals surface area (Å²) in [4.78, 5) is 5.01. The van der Waals surface area contributed by atoms with E-state index in [9.17, 15) is 0 Å². The lowest BCUT2D eigenvalue weighted by atomic mass is 9.67. The molecule has 18 aromatic carbocycles. The molecule has 0 fully saturated rings. The summed E-state index contributed by atoms with van der Waals surface area (Å²) in [6.45, 7) is 9.52. The van der Waals surface area contributed by atoms with Crippen molar-refractivity contribution in [1.29, 1.82) is 0 Å². The molecule has 558 valence electrons. The molecule has 2 nitrogen and oxygen atoms in total. The van der Waals surface area contributed by atoms with E-state index in [1.54, 1.807) is 0 Å². The van der Waals surface area contributed by atoms with Crippen molar-refractivity contribution in [3.05, 3.63) is 504 Å². The Bertz CT molecular complexity index is 6850. The fraction of sp³-hybridized carbons (Fsp3) is 0.0690. The topological polar surface area (TPSA) is 6.48 Å². The molecule has 0 atom stereocenters. The smallest absolute Gasteiger partial charge is 0.0714 e. The molecule has 0 aromatic heterocycles. The van der Waals surface area contributed by atoms with E-state index in [1.165, 1.54) is 150 Å². The Balaban J connectivity index is 0.610. The summed E-state index contributed by atoms with van der Waals surface area (Å²) in [7, 11) is 0. The molecule has 18 aromatic rings. The third-order valence-electron chi connectivity index (χ3n) is 26.5. The highest BCUT2D eigenvalue weighted by Gasteiger charge is 2.49. The quantitative estimate of drug-likeness (QED) is 0.101. The van der Waals surface area contributed by atoms with Gasteiger partial charge in [0, 0.05) is 44.8 Å². The Morgan fingerprint density at radius 1 is 0.153 bits per heavy atom. The number of anilines is 6. The highest BCUT2D eigenvalue weighted by molar-refractivity contribution is 5.97. The number of para-hydroxylation sites is 1. The van der Waals surface area contributed by atoms with Crippen LogP contribution in [-0.2, 0) is 21.7 Å². The summed E-state index contributed by atoms with van der Waals surface area (Å²) in [5, 5.41) is 0. The first kappa shape index (κ1) is 70.2. The summed E-state index contributed by atoms with van der Waals surface area (Å²) in [6.07, 6.45) is 0. The fourth-order valence-electron chi connectivity index (χ4n) is 20.8. The van der Waals surface area contributed by atoms with Gasteiger partial charge in [0.1, 0.15) is 0 Å². The third kappa shape index (κ3) is 10.9. The highest BCUT2D eigenvalue weighted by atomic mass is 15.2. The van der Waals surface area contributed by atoms with Crippen molar-refractivity contribution in [2.75, 3.05) is 9.80 Å². The van der Waals surface area contributed by atoms with Crippen LogP contribution >= 0.6 is 0 Å². The zero-order valence-electron chi connectivity index (χ0n) is 66.5. The van der Waals surface area contributed by atoms with Crippen molar-refractivity contribution < 1.29 is 0 Å². The minimum absolute atomic E-state index is 0.190. The molecule has 0 heterocycles. The minimum atomic E-state index is -0.677. The molecule has 0 radical (unpaired) electrons. The zero-order valence-corrected chi connectivity index (χ0v) is 66.5. The van der Waals surface area contributed by atoms with E-state index >= 15 is 0 Å². The van der Waals surface area contributed by atoms with E-state index in [0.717, 1.165) is 50.8 Å². The molecular weight excluding hydrogens is 1420 g/mol. The first-order chi connectivity index (χ1) is 58.0. The number of hydrogen-bond donors (Lipinski definition) is 0. The largest absolute Gasteiger partial charge is 0.310 e. The van der Waals surface area contributed by atoms with Gasteiger partial charge in [-0.05, 0) is 240 Å². The van der Waals surface area contributed by atoms with Gasteiger partial charge in [0.15, 0.2) is 0 Å². The van der Waals surface area contributed by atoms with Crippen molar-refractivity contribution in [3.63, 3.8) is 0 Å². The van der Waals surface area contributed by atoms with Crippen LogP contribution in [0.4, 0.5) is 34.1 Å². The molecule has 0 saturated heterocycles. The summed E-state index contributed by atoms with van der Waals surface area (Å²) < 4.78 is 0. The molecule has 2 heteroatoms.